The molecule has 1 aromatic carbocycles. The van der Waals surface area contributed by atoms with Crippen LogP contribution in [0.4, 0.5) is 4.79 Å². The van der Waals surface area contributed by atoms with Crippen LogP contribution in [0.1, 0.15) is 85.6 Å². The number of hydrogen-bond donors (Lipinski definition) is 0. The number of aromatic nitrogens is 3. The van der Waals surface area contributed by atoms with E-state index in [1.54, 1.807) is 20.8 Å². The van der Waals surface area contributed by atoms with E-state index in [0.29, 0.717) is 27.9 Å². The van der Waals surface area contributed by atoms with Gasteiger partial charge < -0.3 is 9.15 Å². The molecule has 1 aliphatic rings. The van der Waals surface area contributed by atoms with Gasteiger partial charge in [-0.2, -0.15) is 12.7 Å². The summed E-state index contributed by atoms with van der Waals surface area (Å²) in [5, 5.41) is 0. The molecule has 1 unspecified atom stereocenters. The van der Waals surface area contributed by atoms with E-state index < -0.39 is 36.0 Å². The van der Waals surface area contributed by atoms with Crippen molar-refractivity contribution in [1.29, 1.82) is 0 Å². The second-order valence-corrected chi connectivity index (χ2v) is 20.5. The highest BCUT2D eigenvalue weighted by molar-refractivity contribution is 7.87. The van der Waals surface area contributed by atoms with Crippen LogP contribution in [0.25, 0.3) is 11.1 Å². The molecule has 12 heteroatoms. The van der Waals surface area contributed by atoms with Gasteiger partial charge in [-0.15, -0.1) is 0 Å². The normalized spacial score (nSPS) is 16.7. The number of amides is 1. The molecule has 0 N–H and O–H groups in total. The van der Waals surface area contributed by atoms with Crippen molar-refractivity contribution in [2.75, 3.05) is 14.1 Å². The Hall–Kier alpha value is -2.70. The zero-order chi connectivity index (χ0) is 29.9. The van der Waals surface area contributed by atoms with Gasteiger partial charge in [-0.1, -0.05) is 53.7 Å². The minimum absolute atomic E-state index is 0.00747. The van der Waals surface area contributed by atoms with Crippen molar-refractivity contribution < 1.29 is 22.4 Å². The van der Waals surface area contributed by atoms with Gasteiger partial charge in [0.2, 0.25) is 5.89 Å². The zero-order valence-electron chi connectivity index (χ0n) is 25.5. The molecule has 0 spiro atoms. The van der Waals surface area contributed by atoms with E-state index >= 15 is 0 Å². The fourth-order valence-corrected chi connectivity index (χ4v) is 14.6. The molecule has 2 aromatic heterocycles. The van der Waals surface area contributed by atoms with Gasteiger partial charge >= 0.3 is 16.3 Å². The van der Waals surface area contributed by atoms with E-state index in [1.165, 1.54) is 27.3 Å². The molecule has 0 bridgehead atoms. The highest BCUT2D eigenvalue weighted by Gasteiger charge is 2.54. The average Bonchev–Trinajstić information content (AvgIpc) is 3.48. The van der Waals surface area contributed by atoms with Crippen LogP contribution < -0.4 is 5.45 Å². The summed E-state index contributed by atoms with van der Waals surface area (Å²) < 4.78 is 42.7. The van der Waals surface area contributed by atoms with E-state index in [2.05, 4.69) is 41.5 Å². The van der Waals surface area contributed by atoms with Crippen molar-refractivity contribution in [3.8, 4) is 0 Å². The summed E-state index contributed by atoms with van der Waals surface area (Å²) in [6.45, 7) is 18.4. The summed E-state index contributed by atoms with van der Waals surface area (Å²) >= 11 is 0. The number of imidazole rings is 1. The van der Waals surface area contributed by atoms with Gasteiger partial charge in [-0.25, -0.2) is 18.7 Å². The predicted octanol–water partition coefficient (Wildman–Crippen LogP) is 5.40. The van der Waals surface area contributed by atoms with Crippen LogP contribution in [0.15, 0.2) is 28.7 Å². The fourth-order valence-electron chi connectivity index (χ4n) is 6.43. The molecule has 0 radical (unpaired) electrons. The number of fused-ring (bicyclic) bond motifs is 2. The molecule has 0 saturated heterocycles. The monoisotopic (exact) mass is 589 g/mol. The number of hydrogen-bond acceptors (Lipinski definition) is 7. The van der Waals surface area contributed by atoms with Gasteiger partial charge in [-0.3, -0.25) is 4.90 Å². The molecule has 0 saturated carbocycles. The lowest BCUT2D eigenvalue weighted by Crippen LogP contribution is -2.61. The number of ether oxygens (including phenoxy) is 1. The second kappa shape index (κ2) is 10.3. The second-order valence-electron chi connectivity index (χ2n) is 12.7. The third-order valence-electron chi connectivity index (χ3n) is 7.97. The van der Waals surface area contributed by atoms with Crippen molar-refractivity contribution in [2.45, 2.75) is 97.1 Å². The van der Waals surface area contributed by atoms with Crippen molar-refractivity contribution in [1.82, 2.24) is 23.1 Å². The number of rotatable bonds is 7. The Morgan fingerprint density at radius 3 is 2.12 bits per heavy atom. The zero-order valence-corrected chi connectivity index (χ0v) is 27.3. The van der Waals surface area contributed by atoms with E-state index in [4.69, 9.17) is 19.1 Å². The lowest BCUT2D eigenvalue weighted by Gasteiger charge is -2.42. The van der Waals surface area contributed by atoms with E-state index in [9.17, 15) is 13.2 Å². The van der Waals surface area contributed by atoms with Gasteiger partial charge in [0.15, 0.2) is 11.6 Å². The fraction of sp³-hybridized carbons (Fsp3) is 0.607. The van der Waals surface area contributed by atoms with Crippen LogP contribution in [0, 0.1) is 0 Å². The molecule has 1 amide bonds. The van der Waals surface area contributed by atoms with E-state index in [0.717, 1.165) is 0 Å². The molecule has 3 aromatic rings. The molecule has 40 heavy (non-hydrogen) atoms. The number of para-hydroxylation sites is 2. The average molecular weight is 590 g/mol. The van der Waals surface area contributed by atoms with Crippen molar-refractivity contribution >= 4 is 40.9 Å². The molecule has 4 rings (SSSR count). The van der Waals surface area contributed by atoms with Crippen LogP contribution in [0.5, 0.6) is 0 Å². The first-order valence-electron chi connectivity index (χ1n) is 13.8. The maximum atomic E-state index is 14.1. The molecular weight excluding hydrogens is 546 g/mol. The number of nitrogens with zero attached hydrogens (tertiary/aromatic N) is 5. The van der Waals surface area contributed by atoms with Crippen molar-refractivity contribution in [3.05, 3.63) is 41.5 Å². The highest BCUT2D eigenvalue weighted by atomic mass is 32.2. The lowest BCUT2D eigenvalue weighted by atomic mass is 10.2. The van der Waals surface area contributed by atoms with Gasteiger partial charge in [0.25, 0.3) is 0 Å². The standard InChI is InChI=1S/C28H43N5O5SSi/c1-17(2)40(18(3)4,19(5)6)26-30-23-21(33(26)39(35,36)31(10)11)16-32(27(34)38-28(7,8)9)24(23)25-29-20-14-12-13-15-22(20)37-25/h12-15,17-19,24H,16H2,1-11H3. The molecular formula is C28H43N5O5SSi. The minimum Gasteiger partial charge on any atom is -0.444 e. The first-order valence-corrected chi connectivity index (χ1v) is 17.5. The molecule has 10 nitrogen and oxygen atoms in total. The molecule has 0 aliphatic carbocycles. The van der Waals surface area contributed by atoms with E-state index in [1.807, 2.05) is 24.3 Å². The quantitative estimate of drug-likeness (QED) is 0.339. The van der Waals surface area contributed by atoms with Crippen LogP contribution in [-0.4, -0.2) is 65.4 Å². The largest absolute Gasteiger partial charge is 0.444 e. The molecule has 3 heterocycles. The molecule has 0 fully saturated rings. The molecule has 1 aliphatic heterocycles. The highest BCUT2D eigenvalue weighted by Crippen LogP contribution is 2.45. The van der Waals surface area contributed by atoms with Crippen LogP contribution in [0.3, 0.4) is 0 Å². The summed E-state index contributed by atoms with van der Waals surface area (Å²) in [6, 6.07) is 6.53. The van der Waals surface area contributed by atoms with Gasteiger partial charge in [0, 0.05) is 14.1 Å². The SMILES string of the molecule is CC(C)[Si](c1nc2c(n1S(=O)(=O)N(C)C)CN(C(=O)OC(C)(C)C)C2c1nc2ccccc2o1)(C(C)C)C(C)C. The summed E-state index contributed by atoms with van der Waals surface area (Å²) in [5.74, 6) is 0.273. The Morgan fingerprint density at radius 2 is 1.62 bits per heavy atom. The Balaban J connectivity index is 2.07. The van der Waals surface area contributed by atoms with Crippen molar-refractivity contribution in [2.24, 2.45) is 0 Å². The Bertz CT molecular complexity index is 1460. The van der Waals surface area contributed by atoms with Gasteiger partial charge in [0.1, 0.15) is 24.6 Å². The number of carbonyl (C=O) groups is 1. The van der Waals surface area contributed by atoms with Crippen LogP contribution >= 0.6 is 0 Å². The summed E-state index contributed by atoms with van der Waals surface area (Å²) in [6.07, 6.45) is -0.590. The first kappa shape index (κ1) is 30.3. The molecule has 220 valence electrons. The molecule has 1 atom stereocenters. The Morgan fingerprint density at radius 1 is 1.05 bits per heavy atom. The smallest absolute Gasteiger partial charge is 0.411 e. The number of benzene rings is 1. The third kappa shape index (κ3) is 4.77. The minimum atomic E-state index is -4.00. The lowest BCUT2D eigenvalue weighted by molar-refractivity contribution is 0.0180. The third-order valence-corrected chi connectivity index (χ3v) is 16.7. The van der Waals surface area contributed by atoms with Crippen LogP contribution in [-0.2, 0) is 21.5 Å². The topological polar surface area (TPSA) is 111 Å². The Labute approximate surface area is 238 Å². The summed E-state index contributed by atoms with van der Waals surface area (Å²) in [5.41, 5.74) is 2.60. The maximum absolute atomic E-state index is 14.1. The first-order chi connectivity index (χ1) is 18.4. The number of oxazole rings is 1. The maximum Gasteiger partial charge on any atom is 0.411 e. The summed E-state index contributed by atoms with van der Waals surface area (Å²) in [4.78, 5) is 25.0. The van der Waals surface area contributed by atoms with Gasteiger partial charge in [-0.05, 0) is 49.5 Å². The van der Waals surface area contributed by atoms with Gasteiger partial charge in [0.05, 0.1) is 17.9 Å². The predicted molar refractivity (Wildman–Crippen MR) is 159 cm³/mol. The van der Waals surface area contributed by atoms with Crippen LogP contribution in [0.2, 0.25) is 16.6 Å². The van der Waals surface area contributed by atoms with Crippen molar-refractivity contribution in [3.63, 3.8) is 0 Å². The van der Waals surface area contributed by atoms with E-state index in [-0.39, 0.29) is 29.1 Å². The summed E-state index contributed by atoms with van der Waals surface area (Å²) in [7, 11) is -3.54. The Kier molecular flexibility index (Phi) is 7.78. The number of carbonyl (C=O) groups excluding carboxylic acids is 1.